The molecule has 0 aliphatic rings. The molecule has 0 unspecified atom stereocenters. The van der Waals surface area contributed by atoms with Gasteiger partial charge in [0.1, 0.15) is 0 Å². The molecule has 112 valence electrons. The molecule has 0 aromatic heterocycles. The number of rotatable bonds is 5. The van der Waals surface area contributed by atoms with Crippen molar-refractivity contribution in [3.8, 4) is 0 Å². The summed E-state index contributed by atoms with van der Waals surface area (Å²) in [6, 6.07) is 13.1. The van der Waals surface area contributed by atoms with Crippen LogP contribution in [0.15, 0.2) is 46.2 Å². The van der Waals surface area contributed by atoms with Crippen LogP contribution in [0, 0.1) is 13.8 Å². The summed E-state index contributed by atoms with van der Waals surface area (Å²) in [5, 5.41) is 4.29. The van der Waals surface area contributed by atoms with Crippen LogP contribution in [0.1, 0.15) is 30.5 Å². The topological polar surface area (TPSA) is 12.0 Å². The summed E-state index contributed by atoms with van der Waals surface area (Å²) in [5.74, 6) is 0. The number of hydrogen-bond donors (Lipinski definition) is 1. The Bertz CT molecular complexity index is 623. The third-order valence-electron chi connectivity index (χ3n) is 3.33. The van der Waals surface area contributed by atoms with Crippen molar-refractivity contribution in [3.05, 3.63) is 58.1 Å². The lowest BCUT2D eigenvalue weighted by Gasteiger charge is -2.15. The Labute approximate surface area is 137 Å². The second-order valence-electron chi connectivity index (χ2n) is 5.62. The molecule has 0 amide bonds. The zero-order valence-electron chi connectivity index (χ0n) is 13.0. The Morgan fingerprint density at radius 2 is 1.86 bits per heavy atom. The molecule has 0 atom stereocenters. The normalized spacial score (nSPS) is 11.1. The largest absolute Gasteiger partial charge is 0.310 e. The summed E-state index contributed by atoms with van der Waals surface area (Å²) < 4.78 is 0. The van der Waals surface area contributed by atoms with E-state index in [1.165, 1.54) is 26.5 Å². The molecule has 0 fully saturated rings. The Morgan fingerprint density at radius 1 is 1.10 bits per heavy atom. The molecule has 0 heterocycles. The van der Waals surface area contributed by atoms with Gasteiger partial charge < -0.3 is 5.32 Å². The lowest BCUT2D eigenvalue weighted by molar-refractivity contribution is 0.585. The molecule has 1 N–H and O–H groups in total. The monoisotopic (exact) mass is 319 g/mol. The summed E-state index contributed by atoms with van der Waals surface area (Å²) >= 11 is 8.19. The van der Waals surface area contributed by atoms with Crippen molar-refractivity contribution in [3.63, 3.8) is 0 Å². The minimum absolute atomic E-state index is 0.444. The molecule has 0 bridgehead atoms. The number of nitrogens with one attached hydrogen (secondary N) is 1. The van der Waals surface area contributed by atoms with E-state index >= 15 is 0 Å². The van der Waals surface area contributed by atoms with E-state index in [0.29, 0.717) is 6.04 Å². The van der Waals surface area contributed by atoms with Gasteiger partial charge in [0.25, 0.3) is 0 Å². The average Bonchev–Trinajstić information content (AvgIpc) is 2.42. The molecule has 1 nitrogen and oxygen atoms in total. The molecule has 2 aromatic rings. The third-order valence-corrected chi connectivity index (χ3v) is 4.94. The van der Waals surface area contributed by atoms with E-state index in [0.717, 1.165) is 11.6 Å². The Morgan fingerprint density at radius 3 is 2.57 bits per heavy atom. The first-order valence-electron chi connectivity index (χ1n) is 7.23. The zero-order chi connectivity index (χ0) is 15.4. The molecule has 21 heavy (non-hydrogen) atoms. The fourth-order valence-corrected chi connectivity index (χ4v) is 3.51. The molecule has 3 heteroatoms. The van der Waals surface area contributed by atoms with Crippen LogP contribution in [-0.2, 0) is 6.54 Å². The van der Waals surface area contributed by atoms with Crippen molar-refractivity contribution in [1.82, 2.24) is 5.32 Å². The van der Waals surface area contributed by atoms with Crippen LogP contribution in [-0.4, -0.2) is 6.04 Å². The van der Waals surface area contributed by atoms with Gasteiger partial charge in [0.05, 0.1) is 0 Å². The SMILES string of the molecule is Cc1ccc(C)c(Sc2cccc(Cl)c2CNC(C)C)c1. The standard InChI is InChI=1S/C18H22ClNS/c1-12(2)20-11-15-16(19)6-5-7-17(15)21-18-10-13(3)8-9-14(18)4/h5-10,12,20H,11H2,1-4H3. The van der Waals surface area contributed by atoms with Crippen LogP contribution in [0.5, 0.6) is 0 Å². The molecular formula is C18H22ClNS. The molecule has 0 radical (unpaired) electrons. The number of halogens is 1. The average molecular weight is 320 g/mol. The van der Waals surface area contributed by atoms with Gasteiger partial charge in [-0.25, -0.2) is 0 Å². The molecule has 0 spiro atoms. The third kappa shape index (κ3) is 4.50. The van der Waals surface area contributed by atoms with Crippen LogP contribution in [0.2, 0.25) is 5.02 Å². The predicted molar refractivity (Wildman–Crippen MR) is 93.5 cm³/mol. The minimum atomic E-state index is 0.444. The summed E-state index contributed by atoms with van der Waals surface area (Å²) in [6.07, 6.45) is 0. The lowest BCUT2D eigenvalue weighted by atomic mass is 10.2. The fourth-order valence-electron chi connectivity index (χ4n) is 2.05. The van der Waals surface area contributed by atoms with Gasteiger partial charge in [-0.3, -0.25) is 0 Å². The Kier molecular flexibility index (Phi) is 5.74. The number of aryl methyl sites for hydroxylation is 2. The highest BCUT2D eigenvalue weighted by Crippen LogP contribution is 2.35. The van der Waals surface area contributed by atoms with Gasteiger partial charge in [0.2, 0.25) is 0 Å². The second-order valence-corrected chi connectivity index (χ2v) is 7.11. The van der Waals surface area contributed by atoms with Gasteiger partial charge in [0.15, 0.2) is 0 Å². The van der Waals surface area contributed by atoms with E-state index in [1.807, 2.05) is 12.1 Å². The van der Waals surface area contributed by atoms with Crippen LogP contribution in [0.4, 0.5) is 0 Å². The first kappa shape index (κ1) is 16.4. The summed E-state index contributed by atoms with van der Waals surface area (Å²) in [4.78, 5) is 2.52. The molecule has 0 saturated heterocycles. The van der Waals surface area contributed by atoms with Crippen molar-refractivity contribution in [2.24, 2.45) is 0 Å². The Balaban J connectivity index is 2.31. The quantitative estimate of drug-likeness (QED) is 0.769. The van der Waals surface area contributed by atoms with E-state index in [-0.39, 0.29) is 0 Å². The van der Waals surface area contributed by atoms with E-state index in [9.17, 15) is 0 Å². The number of benzene rings is 2. The van der Waals surface area contributed by atoms with Gasteiger partial charge in [-0.15, -0.1) is 0 Å². The highest BCUT2D eigenvalue weighted by Gasteiger charge is 2.10. The van der Waals surface area contributed by atoms with Crippen LogP contribution in [0.25, 0.3) is 0 Å². The summed E-state index contributed by atoms with van der Waals surface area (Å²) in [6.45, 7) is 9.37. The van der Waals surface area contributed by atoms with Crippen molar-refractivity contribution >= 4 is 23.4 Å². The van der Waals surface area contributed by atoms with Crippen LogP contribution in [0.3, 0.4) is 0 Å². The summed E-state index contributed by atoms with van der Waals surface area (Å²) in [5.41, 5.74) is 3.76. The van der Waals surface area contributed by atoms with Crippen molar-refractivity contribution in [2.75, 3.05) is 0 Å². The molecule has 0 saturated carbocycles. The molecule has 2 aromatic carbocycles. The highest BCUT2D eigenvalue weighted by atomic mass is 35.5. The van der Waals surface area contributed by atoms with E-state index in [4.69, 9.17) is 11.6 Å². The van der Waals surface area contributed by atoms with Crippen molar-refractivity contribution < 1.29 is 0 Å². The van der Waals surface area contributed by atoms with Crippen LogP contribution < -0.4 is 5.32 Å². The first-order valence-corrected chi connectivity index (χ1v) is 8.42. The van der Waals surface area contributed by atoms with E-state index in [1.54, 1.807) is 11.8 Å². The summed E-state index contributed by atoms with van der Waals surface area (Å²) in [7, 11) is 0. The predicted octanol–water partition coefficient (Wildman–Crippen LogP) is 5.61. The van der Waals surface area contributed by atoms with Crippen molar-refractivity contribution in [2.45, 2.75) is 50.1 Å². The van der Waals surface area contributed by atoms with Crippen LogP contribution >= 0.6 is 23.4 Å². The maximum absolute atomic E-state index is 6.40. The van der Waals surface area contributed by atoms with Gasteiger partial charge in [-0.1, -0.05) is 55.4 Å². The van der Waals surface area contributed by atoms with Gasteiger partial charge in [-0.2, -0.15) is 0 Å². The molecule has 0 aliphatic carbocycles. The minimum Gasteiger partial charge on any atom is -0.310 e. The van der Waals surface area contributed by atoms with E-state index in [2.05, 4.69) is 57.3 Å². The second kappa shape index (κ2) is 7.35. The van der Waals surface area contributed by atoms with Gasteiger partial charge in [-0.05, 0) is 48.7 Å². The molecular weight excluding hydrogens is 298 g/mol. The van der Waals surface area contributed by atoms with Crippen molar-refractivity contribution in [1.29, 1.82) is 0 Å². The van der Waals surface area contributed by atoms with E-state index < -0.39 is 0 Å². The highest BCUT2D eigenvalue weighted by molar-refractivity contribution is 7.99. The zero-order valence-corrected chi connectivity index (χ0v) is 14.6. The molecule has 2 rings (SSSR count). The van der Waals surface area contributed by atoms with Gasteiger partial charge in [0, 0.05) is 27.4 Å². The Hall–Kier alpha value is -0.960. The molecule has 0 aliphatic heterocycles. The smallest absolute Gasteiger partial charge is 0.0462 e. The maximum atomic E-state index is 6.40. The maximum Gasteiger partial charge on any atom is 0.0462 e. The fraction of sp³-hybridized carbons (Fsp3) is 0.333. The number of hydrogen-bond acceptors (Lipinski definition) is 2. The first-order chi connectivity index (χ1) is 9.97. The van der Waals surface area contributed by atoms with Gasteiger partial charge >= 0.3 is 0 Å². The lowest BCUT2D eigenvalue weighted by Crippen LogP contribution is -2.22.